The number of para-hydroxylation sites is 1. The number of hydrogen-bond acceptors (Lipinski definition) is 2. The number of amides is 3. The highest BCUT2D eigenvalue weighted by molar-refractivity contribution is 6.30. The van der Waals surface area contributed by atoms with Gasteiger partial charge in [-0.15, -0.1) is 0 Å². The fourth-order valence-corrected chi connectivity index (χ4v) is 2.91. The molecule has 1 aliphatic heterocycles. The predicted octanol–water partition coefficient (Wildman–Crippen LogP) is 4.22. The van der Waals surface area contributed by atoms with E-state index in [-0.39, 0.29) is 5.91 Å². The fourth-order valence-electron chi connectivity index (χ4n) is 2.72. The van der Waals surface area contributed by atoms with E-state index in [2.05, 4.69) is 10.6 Å². The van der Waals surface area contributed by atoms with Crippen LogP contribution in [0.1, 0.15) is 23.2 Å². The summed E-state index contributed by atoms with van der Waals surface area (Å²) >= 11 is 5.91. The Morgan fingerprint density at radius 1 is 0.958 bits per heavy atom. The molecular weight excluding hydrogens is 326 g/mol. The molecule has 24 heavy (non-hydrogen) atoms. The van der Waals surface area contributed by atoms with E-state index >= 15 is 0 Å². The Morgan fingerprint density at radius 3 is 2.46 bits per heavy atom. The van der Waals surface area contributed by atoms with Crippen LogP contribution in [0.25, 0.3) is 0 Å². The van der Waals surface area contributed by atoms with E-state index in [1.165, 1.54) is 0 Å². The van der Waals surface area contributed by atoms with Crippen LogP contribution >= 0.6 is 11.6 Å². The van der Waals surface area contributed by atoms with Gasteiger partial charge in [0.2, 0.25) is 0 Å². The second-order valence-corrected chi connectivity index (χ2v) is 6.07. The first kappa shape index (κ1) is 16.3. The highest BCUT2D eigenvalue weighted by Gasteiger charge is 2.22. The summed E-state index contributed by atoms with van der Waals surface area (Å²) in [5.41, 5.74) is 1.58. The number of carbonyl (C=O) groups is 2. The molecule has 1 fully saturated rings. The third-order valence-corrected chi connectivity index (χ3v) is 4.12. The van der Waals surface area contributed by atoms with E-state index in [1.54, 1.807) is 48.5 Å². The first-order chi connectivity index (χ1) is 11.6. The van der Waals surface area contributed by atoms with Crippen LogP contribution in [-0.4, -0.2) is 29.9 Å². The second kappa shape index (κ2) is 7.36. The molecule has 5 nitrogen and oxygen atoms in total. The molecule has 1 heterocycles. The van der Waals surface area contributed by atoms with Crippen LogP contribution in [-0.2, 0) is 0 Å². The van der Waals surface area contributed by atoms with Gasteiger partial charge in [0.15, 0.2) is 0 Å². The minimum absolute atomic E-state index is 0.0499. The minimum Gasteiger partial charge on any atom is -0.339 e. The highest BCUT2D eigenvalue weighted by atomic mass is 35.5. The number of urea groups is 1. The lowest BCUT2D eigenvalue weighted by Crippen LogP contribution is -2.29. The Hall–Kier alpha value is -2.53. The summed E-state index contributed by atoms with van der Waals surface area (Å²) in [6.45, 7) is 1.53. The molecule has 3 rings (SSSR count). The molecule has 2 aromatic rings. The summed E-state index contributed by atoms with van der Waals surface area (Å²) in [6.07, 6.45) is 2.05. The summed E-state index contributed by atoms with van der Waals surface area (Å²) < 4.78 is 0. The average Bonchev–Trinajstić information content (AvgIpc) is 3.09. The van der Waals surface area contributed by atoms with Crippen molar-refractivity contribution in [2.75, 3.05) is 23.7 Å². The van der Waals surface area contributed by atoms with E-state index < -0.39 is 6.03 Å². The van der Waals surface area contributed by atoms with Gasteiger partial charge in [0.1, 0.15) is 0 Å². The SMILES string of the molecule is O=C(Nc1cccc(Cl)c1)Nc1ccccc1C(=O)N1CCCC1. The maximum atomic E-state index is 12.6. The number of nitrogens with zero attached hydrogens (tertiary/aromatic N) is 1. The standard InChI is InChI=1S/C18H18ClN3O2/c19-13-6-5-7-14(12-13)20-18(24)21-16-9-2-1-8-15(16)17(23)22-10-3-4-11-22/h1-2,5-9,12H,3-4,10-11H2,(H2,20,21,24). The number of benzene rings is 2. The van der Waals surface area contributed by atoms with Gasteiger partial charge >= 0.3 is 6.03 Å². The first-order valence-corrected chi connectivity index (χ1v) is 8.23. The molecule has 0 spiro atoms. The molecule has 3 amide bonds. The Balaban J connectivity index is 1.72. The van der Waals surface area contributed by atoms with E-state index in [0.29, 0.717) is 22.0 Å². The number of anilines is 2. The molecule has 124 valence electrons. The zero-order chi connectivity index (χ0) is 16.9. The van der Waals surface area contributed by atoms with Gasteiger partial charge in [0, 0.05) is 23.8 Å². The average molecular weight is 344 g/mol. The molecule has 0 saturated carbocycles. The molecule has 0 bridgehead atoms. The van der Waals surface area contributed by atoms with Crippen molar-refractivity contribution in [3.8, 4) is 0 Å². The minimum atomic E-state index is -0.418. The lowest BCUT2D eigenvalue weighted by Gasteiger charge is -2.18. The highest BCUT2D eigenvalue weighted by Crippen LogP contribution is 2.21. The number of hydrogen-bond donors (Lipinski definition) is 2. The second-order valence-electron chi connectivity index (χ2n) is 5.63. The molecule has 0 aromatic heterocycles. The Morgan fingerprint density at radius 2 is 1.71 bits per heavy atom. The van der Waals surface area contributed by atoms with Crippen LogP contribution in [0, 0.1) is 0 Å². The fraction of sp³-hybridized carbons (Fsp3) is 0.222. The van der Waals surface area contributed by atoms with Crippen LogP contribution < -0.4 is 10.6 Å². The third kappa shape index (κ3) is 3.86. The molecule has 1 aliphatic rings. The predicted molar refractivity (Wildman–Crippen MR) is 95.7 cm³/mol. The molecule has 0 unspecified atom stereocenters. The van der Waals surface area contributed by atoms with Gasteiger partial charge in [-0.3, -0.25) is 4.79 Å². The van der Waals surface area contributed by atoms with Crippen LogP contribution in [0.2, 0.25) is 5.02 Å². The Labute approximate surface area is 145 Å². The quantitative estimate of drug-likeness (QED) is 0.876. The number of nitrogens with one attached hydrogen (secondary N) is 2. The van der Waals surface area contributed by atoms with Gasteiger partial charge < -0.3 is 15.5 Å². The molecule has 6 heteroatoms. The van der Waals surface area contributed by atoms with Crippen LogP contribution in [0.15, 0.2) is 48.5 Å². The van der Waals surface area contributed by atoms with E-state index in [4.69, 9.17) is 11.6 Å². The van der Waals surface area contributed by atoms with Gasteiger partial charge in [-0.25, -0.2) is 4.79 Å². The topological polar surface area (TPSA) is 61.4 Å². The van der Waals surface area contributed by atoms with Crippen molar-refractivity contribution >= 4 is 34.9 Å². The number of rotatable bonds is 3. The smallest absolute Gasteiger partial charge is 0.323 e. The Kier molecular flexibility index (Phi) is 5.01. The first-order valence-electron chi connectivity index (χ1n) is 7.85. The molecule has 0 atom stereocenters. The lowest BCUT2D eigenvalue weighted by molar-refractivity contribution is 0.0794. The zero-order valence-corrected chi connectivity index (χ0v) is 13.8. The van der Waals surface area contributed by atoms with Gasteiger partial charge in [-0.2, -0.15) is 0 Å². The van der Waals surface area contributed by atoms with Crippen molar-refractivity contribution in [1.29, 1.82) is 0 Å². The maximum Gasteiger partial charge on any atom is 0.323 e. The van der Waals surface area contributed by atoms with Crippen molar-refractivity contribution in [3.05, 3.63) is 59.1 Å². The van der Waals surface area contributed by atoms with Crippen LogP contribution in [0.3, 0.4) is 0 Å². The van der Waals surface area contributed by atoms with Gasteiger partial charge in [0.25, 0.3) is 5.91 Å². The summed E-state index contributed by atoms with van der Waals surface area (Å²) in [7, 11) is 0. The Bertz CT molecular complexity index is 757. The normalized spacial score (nSPS) is 13.6. The molecule has 1 saturated heterocycles. The molecule has 2 aromatic carbocycles. The lowest BCUT2D eigenvalue weighted by atomic mass is 10.1. The number of carbonyl (C=O) groups excluding carboxylic acids is 2. The van der Waals surface area contributed by atoms with Crippen molar-refractivity contribution in [1.82, 2.24) is 4.90 Å². The van der Waals surface area contributed by atoms with Crippen molar-refractivity contribution in [2.24, 2.45) is 0 Å². The van der Waals surface area contributed by atoms with E-state index in [9.17, 15) is 9.59 Å². The van der Waals surface area contributed by atoms with Crippen molar-refractivity contribution in [3.63, 3.8) is 0 Å². The maximum absolute atomic E-state index is 12.6. The number of likely N-dealkylation sites (tertiary alicyclic amines) is 1. The monoisotopic (exact) mass is 343 g/mol. The van der Waals surface area contributed by atoms with Crippen LogP contribution in [0.5, 0.6) is 0 Å². The summed E-state index contributed by atoms with van der Waals surface area (Å²) in [6, 6.07) is 13.5. The zero-order valence-electron chi connectivity index (χ0n) is 13.1. The number of halogens is 1. The van der Waals surface area contributed by atoms with E-state index in [1.807, 2.05) is 4.90 Å². The van der Waals surface area contributed by atoms with Gasteiger partial charge in [0.05, 0.1) is 11.3 Å². The molecule has 0 radical (unpaired) electrons. The molecule has 0 aliphatic carbocycles. The van der Waals surface area contributed by atoms with Gasteiger partial charge in [-0.1, -0.05) is 29.8 Å². The summed E-state index contributed by atoms with van der Waals surface area (Å²) in [5.74, 6) is -0.0499. The summed E-state index contributed by atoms with van der Waals surface area (Å²) in [5, 5.41) is 5.99. The van der Waals surface area contributed by atoms with E-state index in [0.717, 1.165) is 25.9 Å². The van der Waals surface area contributed by atoms with Crippen molar-refractivity contribution < 1.29 is 9.59 Å². The summed E-state index contributed by atoms with van der Waals surface area (Å²) in [4.78, 5) is 26.6. The third-order valence-electron chi connectivity index (χ3n) is 3.88. The molecular formula is C18H18ClN3O2. The van der Waals surface area contributed by atoms with Crippen molar-refractivity contribution in [2.45, 2.75) is 12.8 Å². The largest absolute Gasteiger partial charge is 0.339 e. The van der Waals surface area contributed by atoms with Crippen LogP contribution in [0.4, 0.5) is 16.2 Å². The molecule has 2 N–H and O–H groups in total. The van der Waals surface area contributed by atoms with Gasteiger partial charge in [-0.05, 0) is 43.2 Å².